The van der Waals surface area contributed by atoms with Crippen LogP contribution in [0.1, 0.15) is 11.1 Å². The Morgan fingerprint density at radius 2 is 1.87 bits per heavy atom. The number of benzene rings is 1. The summed E-state index contributed by atoms with van der Waals surface area (Å²) in [6.45, 7) is 3.01. The highest BCUT2D eigenvalue weighted by molar-refractivity contribution is 7.90. The fourth-order valence-electron chi connectivity index (χ4n) is 2.47. The van der Waals surface area contributed by atoms with E-state index in [2.05, 4.69) is 5.32 Å². The van der Waals surface area contributed by atoms with Gasteiger partial charge in [0, 0.05) is 18.0 Å². The van der Waals surface area contributed by atoms with Gasteiger partial charge in [-0.2, -0.15) is 0 Å². The number of aliphatic hydroxyl groups is 1. The second kappa shape index (κ2) is 6.13. The number of aryl methyl sites for hydroxylation is 1. The number of aliphatic hydroxyl groups excluding tert-OH is 1. The SMILES string of the molecule is Cc1ccc(S(C)(=O)=O)c(C)c1NC1=CC(=O)N(CCO)C1=O. The molecule has 1 aromatic carbocycles. The van der Waals surface area contributed by atoms with Gasteiger partial charge in [0.1, 0.15) is 5.70 Å². The number of nitrogens with one attached hydrogen (secondary N) is 1. The second-order valence-corrected chi connectivity index (χ2v) is 7.34. The van der Waals surface area contributed by atoms with E-state index in [1.54, 1.807) is 19.9 Å². The van der Waals surface area contributed by atoms with Crippen LogP contribution in [-0.2, 0) is 19.4 Å². The van der Waals surface area contributed by atoms with Gasteiger partial charge in [-0.3, -0.25) is 14.5 Å². The third kappa shape index (κ3) is 3.27. The molecule has 1 aliphatic heterocycles. The minimum Gasteiger partial charge on any atom is -0.395 e. The minimum absolute atomic E-state index is 0.0558. The summed E-state index contributed by atoms with van der Waals surface area (Å²) in [5, 5.41) is 11.8. The molecule has 7 nitrogen and oxygen atoms in total. The fourth-order valence-corrected chi connectivity index (χ4v) is 3.44. The molecule has 0 fully saturated rings. The van der Waals surface area contributed by atoms with Crippen LogP contribution in [0.2, 0.25) is 0 Å². The lowest BCUT2D eigenvalue weighted by molar-refractivity contribution is -0.137. The normalized spacial score (nSPS) is 15.1. The van der Waals surface area contributed by atoms with E-state index in [1.165, 1.54) is 6.07 Å². The summed E-state index contributed by atoms with van der Waals surface area (Å²) in [7, 11) is -3.40. The summed E-state index contributed by atoms with van der Waals surface area (Å²) < 4.78 is 23.6. The minimum atomic E-state index is -3.40. The number of amides is 2. The molecule has 0 saturated heterocycles. The number of sulfone groups is 1. The molecule has 1 aromatic rings. The molecule has 0 spiro atoms. The molecular weight excluding hydrogens is 320 g/mol. The number of imide groups is 1. The maximum atomic E-state index is 12.2. The number of nitrogens with zero attached hydrogens (tertiary/aromatic N) is 1. The van der Waals surface area contributed by atoms with Crippen molar-refractivity contribution in [3.8, 4) is 0 Å². The zero-order chi connectivity index (χ0) is 17.4. The van der Waals surface area contributed by atoms with Crippen molar-refractivity contribution < 1.29 is 23.1 Å². The predicted molar refractivity (Wildman–Crippen MR) is 84.5 cm³/mol. The summed E-state index contributed by atoms with van der Waals surface area (Å²) in [6, 6.07) is 3.15. The van der Waals surface area contributed by atoms with Crippen LogP contribution in [0.3, 0.4) is 0 Å². The first-order valence-corrected chi connectivity index (χ1v) is 8.81. The van der Waals surface area contributed by atoms with Gasteiger partial charge in [0.05, 0.1) is 18.0 Å². The number of carbonyl (C=O) groups is 2. The number of rotatable bonds is 5. The van der Waals surface area contributed by atoms with Gasteiger partial charge in [-0.25, -0.2) is 8.42 Å². The van der Waals surface area contributed by atoms with Crippen LogP contribution in [0.5, 0.6) is 0 Å². The van der Waals surface area contributed by atoms with Gasteiger partial charge in [0.2, 0.25) is 0 Å². The van der Waals surface area contributed by atoms with E-state index >= 15 is 0 Å². The average Bonchev–Trinajstić information content (AvgIpc) is 2.70. The number of hydrogen-bond donors (Lipinski definition) is 2. The first-order valence-electron chi connectivity index (χ1n) is 6.92. The maximum Gasteiger partial charge on any atom is 0.277 e. The van der Waals surface area contributed by atoms with Crippen molar-refractivity contribution in [2.24, 2.45) is 0 Å². The second-order valence-electron chi connectivity index (χ2n) is 5.35. The van der Waals surface area contributed by atoms with Crippen molar-refractivity contribution >= 4 is 27.3 Å². The monoisotopic (exact) mass is 338 g/mol. The van der Waals surface area contributed by atoms with Gasteiger partial charge in [0.25, 0.3) is 11.8 Å². The largest absolute Gasteiger partial charge is 0.395 e. The van der Waals surface area contributed by atoms with Gasteiger partial charge in [-0.15, -0.1) is 0 Å². The third-order valence-corrected chi connectivity index (χ3v) is 4.86. The van der Waals surface area contributed by atoms with E-state index in [4.69, 9.17) is 5.11 Å². The van der Waals surface area contributed by atoms with Crippen molar-refractivity contribution in [2.45, 2.75) is 18.7 Å². The molecule has 23 heavy (non-hydrogen) atoms. The molecule has 0 unspecified atom stereocenters. The van der Waals surface area contributed by atoms with E-state index in [1.807, 2.05) is 0 Å². The Labute approximate surface area is 134 Å². The molecule has 2 rings (SSSR count). The Kier molecular flexibility index (Phi) is 4.58. The van der Waals surface area contributed by atoms with Crippen LogP contribution in [-0.4, -0.2) is 49.6 Å². The van der Waals surface area contributed by atoms with Gasteiger partial charge in [0.15, 0.2) is 9.84 Å². The van der Waals surface area contributed by atoms with Crippen LogP contribution in [0.25, 0.3) is 0 Å². The van der Waals surface area contributed by atoms with Crippen LogP contribution >= 0.6 is 0 Å². The highest BCUT2D eigenvalue weighted by atomic mass is 32.2. The molecule has 2 N–H and O–H groups in total. The van der Waals surface area contributed by atoms with E-state index in [0.29, 0.717) is 11.3 Å². The molecule has 0 atom stereocenters. The standard InChI is InChI=1S/C15H18N2O5S/c1-9-4-5-12(23(3,21)22)10(2)14(9)16-11-8-13(19)17(6-7-18)15(11)20/h4-5,8,16,18H,6-7H2,1-3H3. The lowest BCUT2D eigenvalue weighted by Crippen LogP contribution is -2.34. The van der Waals surface area contributed by atoms with Crippen molar-refractivity contribution in [1.82, 2.24) is 4.90 Å². The van der Waals surface area contributed by atoms with Gasteiger partial charge < -0.3 is 10.4 Å². The lowest BCUT2D eigenvalue weighted by Gasteiger charge is -2.17. The Hall–Kier alpha value is -2.19. The molecular formula is C15H18N2O5S. The van der Waals surface area contributed by atoms with E-state index < -0.39 is 21.7 Å². The number of hydrogen-bond acceptors (Lipinski definition) is 6. The van der Waals surface area contributed by atoms with Crippen LogP contribution in [0, 0.1) is 13.8 Å². The molecule has 0 aliphatic carbocycles. The summed E-state index contributed by atoms with van der Waals surface area (Å²) in [4.78, 5) is 25.0. The van der Waals surface area contributed by atoms with Gasteiger partial charge >= 0.3 is 0 Å². The zero-order valence-electron chi connectivity index (χ0n) is 13.1. The van der Waals surface area contributed by atoms with Crippen molar-refractivity contribution in [3.63, 3.8) is 0 Å². The third-order valence-electron chi connectivity index (χ3n) is 3.62. The lowest BCUT2D eigenvalue weighted by atomic mass is 10.1. The smallest absolute Gasteiger partial charge is 0.277 e. The van der Waals surface area contributed by atoms with Crippen molar-refractivity contribution in [3.05, 3.63) is 35.0 Å². The molecule has 124 valence electrons. The number of carbonyl (C=O) groups excluding carboxylic acids is 2. The fraction of sp³-hybridized carbons (Fsp3) is 0.333. The Bertz CT molecular complexity index is 811. The number of β-amino-alcohol motifs (C(OH)–C–C–N with tert-alkyl or cyclic N) is 1. The first-order chi connectivity index (χ1) is 10.7. The summed E-state index contributed by atoms with van der Waals surface area (Å²) in [6.07, 6.45) is 2.25. The van der Waals surface area contributed by atoms with E-state index in [0.717, 1.165) is 22.8 Å². The van der Waals surface area contributed by atoms with E-state index in [-0.39, 0.29) is 23.7 Å². The Morgan fingerprint density at radius 3 is 2.43 bits per heavy atom. The van der Waals surface area contributed by atoms with Crippen molar-refractivity contribution in [1.29, 1.82) is 0 Å². The molecule has 8 heteroatoms. The van der Waals surface area contributed by atoms with Crippen LogP contribution < -0.4 is 5.32 Å². The van der Waals surface area contributed by atoms with Crippen LogP contribution in [0.15, 0.2) is 28.8 Å². The Balaban J connectivity index is 2.40. The molecule has 2 amide bonds. The van der Waals surface area contributed by atoms with E-state index in [9.17, 15) is 18.0 Å². The summed E-state index contributed by atoms with van der Waals surface area (Å²) in [5.41, 5.74) is 1.76. The highest BCUT2D eigenvalue weighted by Crippen LogP contribution is 2.29. The molecule has 0 aromatic heterocycles. The first kappa shape index (κ1) is 17.2. The molecule has 0 saturated carbocycles. The zero-order valence-corrected chi connectivity index (χ0v) is 13.9. The quantitative estimate of drug-likeness (QED) is 0.752. The predicted octanol–water partition coefficient (Wildman–Crippen LogP) is 0.364. The molecule has 1 heterocycles. The summed E-state index contributed by atoms with van der Waals surface area (Å²) in [5.74, 6) is -1.06. The highest BCUT2D eigenvalue weighted by Gasteiger charge is 2.31. The summed E-state index contributed by atoms with van der Waals surface area (Å²) >= 11 is 0. The molecule has 0 radical (unpaired) electrons. The number of anilines is 1. The molecule has 0 bridgehead atoms. The van der Waals surface area contributed by atoms with Gasteiger partial charge in [-0.05, 0) is 31.0 Å². The topological polar surface area (TPSA) is 104 Å². The van der Waals surface area contributed by atoms with Crippen LogP contribution in [0.4, 0.5) is 5.69 Å². The van der Waals surface area contributed by atoms with Crippen molar-refractivity contribution in [2.75, 3.05) is 24.7 Å². The molecule has 1 aliphatic rings. The average molecular weight is 338 g/mol. The van der Waals surface area contributed by atoms with Gasteiger partial charge in [-0.1, -0.05) is 6.07 Å². The maximum absolute atomic E-state index is 12.2. The Morgan fingerprint density at radius 1 is 1.22 bits per heavy atom.